The average molecular weight is 979 g/mol. The summed E-state index contributed by atoms with van der Waals surface area (Å²) in [5, 5.41) is 7.43. The largest absolute Gasteiger partial charge is 0.464 e. The predicted molar refractivity (Wildman–Crippen MR) is 298 cm³/mol. The van der Waals surface area contributed by atoms with Crippen molar-refractivity contribution < 1.29 is 14.3 Å². The second-order valence-corrected chi connectivity index (χ2v) is 20.0. The maximum atomic E-state index is 16.1. The van der Waals surface area contributed by atoms with E-state index in [1.807, 2.05) is 127 Å². The minimum absolute atomic E-state index is 0.154. The lowest BCUT2D eigenvalue weighted by molar-refractivity contribution is -0.146. The highest BCUT2D eigenvalue weighted by molar-refractivity contribution is 8.01. The van der Waals surface area contributed by atoms with Crippen molar-refractivity contribution in [1.29, 1.82) is 0 Å². The molecule has 9 aromatic carbocycles. The lowest BCUT2D eigenvalue weighted by atomic mass is 9.76. The lowest BCUT2D eigenvalue weighted by Gasteiger charge is -2.41. The maximum Gasteiger partial charge on any atom is 0.329 e. The van der Waals surface area contributed by atoms with Crippen molar-refractivity contribution in [3.05, 3.63) is 323 Å². The van der Waals surface area contributed by atoms with Crippen molar-refractivity contribution in [1.82, 2.24) is 10.6 Å². The van der Waals surface area contributed by atoms with E-state index in [4.69, 9.17) is 4.74 Å². The van der Waals surface area contributed by atoms with Crippen LogP contribution in [0.25, 0.3) is 0 Å². The van der Waals surface area contributed by atoms with Crippen molar-refractivity contribution >= 4 is 35.4 Å². The Kier molecular flexibility index (Phi) is 16.3. The number of amides is 1. The first-order chi connectivity index (χ1) is 35.5. The molecule has 0 unspecified atom stereocenters. The number of esters is 1. The highest BCUT2D eigenvalue weighted by Gasteiger charge is 2.44. The average Bonchev–Trinajstić information content (AvgIpc) is 3.46. The van der Waals surface area contributed by atoms with E-state index in [1.54, 1.807) is 30.4 Å². The Balaban J connectivity index is 1.19. The molecule has 0 heterocycles. The Morgan fingerprint density at radius 1 is 0.375 bits per heavy atom. The van der Waals surface area contributed by atoms with E-state index >= 15 is 4.79 Å². The molecular formula is C65H58N2O3S2. The molecule has 7 heteroatoms. The van der Waals surface area contributed by atoms with Crippen LogP contribution in [0.2, 0.25) is 0 Å². The number of hydrogen-bond donors (Lipinski definition) is 2. The molecule has 1 amide bonds. The van der Waals surface area contributed by atoms with Gasteiger partial charge in [-0.05, 0) is 57.0 Å². The number of carbonyl (C=O) groups is 2. The van der Waals surface area contributed by atoms with Crippen LogP contribution in [0.3, 0.4) is 0 Å². The smallest absolute Gasteiger partial charge is 0.329 e. The molecule has 0 saturated heterocycles. The van der Waals surface area contributed by atoms with Crippen LogP contribution in [0.5, 0.6) is 0 Å². The van der Waals surface area contributed by atoms with E-state index in [2.05, 4.69) is 156 Å². The summed E-state index contributed by atoms with van der Waals surface area (Å²) in [4.78, 5) is 30.7. The van der Waals surface area contributed by atoms with Gasteiger partial charge >= 0.3 is 5.97 Å². The second kappa shape index (κ2) is 23.7. The molecule has 0 fully saturated rings. The van der Waals surface area contributed by atoms with E-state index in [9.17, 15) is 4.79 Å². The third-order valence-electron chi connectivity index (χ3n) is 13.2. The Morgan fingerprint density at radius 2 is 0.611 bits per heavy atom. The van der Waals surface area contributed by atoms with Gasteiger partial charge in [-0.3, -0.25) is 10.1 Å². The van der Waals surface area contributed by atoms with Gasteiger partial charge in [0.1, 0.15) is 6.04 Å². The molecule has 9 rings (SSSR count). The number of benzene rings is 9. The maximum absolute atomic E-state index is 16.1. The third-order valence-corrected chi connectivity index (χ3v) is 16.5. The zero-order valence-electron chi connectivity index (χ0n) is 40.3. The van der Waals surface area contributed by atoms with Gasteiger partial charge in [0.15, 0.2) is 0 Å². The van der Waals surface area contributed by atoms with E-state index in [1.165, 1.54) is 0 Å². The predicted octanol–water partition coefficient (Wildman–Crippen LogP) is 13.4. The van der Waals surface area contributed by atoms with Crippen LogP contribution in [-0.4, -0.2) is 42.1 Å². The van der Waals surface area contributed by atoms with Crippen LogP contribution in [0.4, 0.5) is 0 Å². The molecule has 9 aromatic rings. The van der Waals surface area contributed by atoms with Crippen LogP contribution in [0, 0.1) is 0 Å². The van der Waals surface area contributed by atoms with Gasteiger partial charge in [-0.2, -0.15) is 0 Å². The molecule has 0 aliphatic heterocycles. The quantitative estimate of drug-likeness (QED) is 0.0552. The molecule has 0 bridgehead atoms. The van der Waals surface area contributed by atoms with Gasteiger partial charge in [-0.15, -0.1) is 23.5 Å². The highest BCUT2D eigenvalue weighted by atomic mass is 32.2. The summed E-state index contributed by atoms with van der Waals surface area (Å²) in [5.41, 5.74) is 8.23. The first kappa shape index (κ1) is 49.6. The van der Waals surface area contributed by atoms with Crippen molar-refractivity contribution in [2.75, 3.05) is 18.1 Å². The van der Waals surface area contributed by atoms with Crippen LogP contribution >= 0.6 is 23.5 Å². The van der Waals surface area contributed by atoms with Gasteiger partial charge in [-0.25, -0.2) is 4.79 Å². The van der Waals surface area contributed by atoms with Crippen molar-refractivity contribution in [3.63, 3.8) is 0 Å². The van der Waals surface area contributed by atoms with Gasteiger partial charge in [-0.1, -0.05) is 273 Å². The SMILES string of the molecule is CCOC(=O)[C@@H](CSC(c1ccccc1)(c1ccccc1)c1ccccc1)NC(=O)[C@H](CSC(c1ccccc1)(c1ccccc1)c1ccccc1)NC(c1ccccc1)(c1ccccc1)c1ccccc1. The first-order valence-electron chi connectivity index (χ1n) is 24.5. The van der Waals surface area contributed by atoms with Crippen molar-refractivity contribution in [3.8, 4) is 0 Å². The number of thioether (sulfide) groups is 2. The summed E-state index contributed by atoms with van der Waals surface area (Å²) in [6.07, 6.45) is 0. The Labute approximate surface area is 433 Å². The monoisotopic (exact) mass is 978 g/mol. The van der Waals surface area contributed by atoms with Crippen LogP contribution < -0.4 is 10.6 Å². The Bertz CT molecular complexity index is 2770. The van der Waals surface area contributed by atoms with Gasteiger partial charge in [0.05, 0.1) is 27.7 Å². The molecule has 5 nitrogen and oxygen atoms in total. The standard InChI is InChI=1S/C65H58N2O3S2/c1-2-70-62(69)60(49-72-65(56-42-24-9-25-43-56,57-44-26-10-27-45-57)58-46-28-11-29-47-58)66-61(68)59(67-63(50-30-12-3-13-31-50,51-32-14-4-15-33-51)52-34-16-5-17-35-52)48-71-64(53-36-18-6-19-37-53,54-38-20-7-21-39-54)55-40-22-8-23-41-55/h3-47,59-60,67H,2,48-49H2,1H3,(H,66,68)/t59-,60+/m0/s1. The number of hydrogen-bond acceptors (Lipinski definition) is 6. The molecule has 0 aliphatic carbocycles. The first-order valence-corrected chi connectivity index (χ1v) is 26.5. The molecule has 0 saturated carbocycles. The zero-order valence-corrected chi connectivity index (χ0v) is 41.9. The van der Waals surface area contributed by atoms with Gasteiger partial charge in [0.2, 0.25) is 5.91 Å². The summed E-state index contributed by atoms with van der Waals surface area (Å²) >= 11 is 3.32. The Hall–Kier alpha value is -7.42. The Morgan fingerprint density at radius 3 is 0.861 bits per heavy atom. The number of carbonyl (C=O) groups excluding carboxylic acids is 2. The fraction of sp³-hybridized carbons (Fsp3) is 0.138. The summed E-state index contributed by atoms with van der Waals surface area (Å²) in [6, 6.07) is 91.8. The summed E-state index contributed by atoms with van der Waals surface area (Å²) in [7, 11) is 0. The van der Waals surface area contributed by atoms with Gasteiger partial charge in [0, 0.05) is 11.5 Å². The summed E-state index contributed by atoms with van der Waals surface area (Å²) < 4.78 is 4.36. The third kappa shape index (κ3) is 10.5. The molecule has 358 valence electrons. The minimum atomic E-state index is -1.03. The molecule has 0 aromatic heterocycles. The molecule has 2 atom stereocenters. The summed E-state index contributed by atoms with van der Waals surface area (Å²) in [6.45, 7) is 1.96. The molecule has 2 N–H and O–H groups in total. The normalized spacial score (nSPS) is 12.6. The number of rotatable bonds is 21. The number of nitrogens with one attached hydrogen (secondary N) is 2. The number of ether oxygens (including phenoxy) is 1. The molecule has 0 radical (unpaired) electrons. The summed E-state index contributed by atoms with van der Waals surface area (Å²) in [5.74, 6) is -0.350. The van der Waals surface area contributed by atoms with Gasteiger partial charge in [0.25, 0.3) is 0 Å². The van der Waals surface area contributed by atoms with E-state index < -0.39 is 33.1 Å². The molecule has 0 spiro atoms. The van der Waals surface area contributed by atoms with Crippen molar-refractivity contribution in [2.45, 2.75) is 34.0 Å². The molecule has 0 aliphatic rings. The van der Waals surface area contributed by atoms with Crippen molar-refractivity contribution in [2.24, 2.45) is 0 Å². The lowest BCUT2D eigenvalue weighted by Crippen LogP contribution is -2.59. The second-order valence-electron chi connectivity index (χ2n) is 17.5. The van der Waals surface area contributed by atoms with Crippen LogP contribution in [0.15, 0.2) is 273 Å². The highest BCUT2D eigenvalue weighted by Crippen LogP contribution is 2.50. The van der Waals surface area contributed by atoms with E-state index in [0.717, 1.165) is 50.1 Å². The topological polar surface area (TPSA) is 67.4 Å². The van der Waals surface area contributed by atoms with E-state index in [-0.39, 0.29) is 24.0 Å². The zero-order chi connectivity index (χ0) is 49.5. The fourth-order valence-electron chi connectivity index (χ4n) is 9.90. The van der Waals surface area contributed by atoms with Crippen LogP contribution in [-0.2, 0) is 29.4 Å². The van der Waals surface area contributed by atoms with Crippen LogP contribution in [0.1, 0.15) is 57.0 Å². The molecule has 72 heavy (non-hydrogen) atoms. The minimum Gasteiger partial charge on any atom is -0.464 e. The fourth-order valence-corrected chi connectivity index (χ4v) is 13.0. The molecular weight excluding hydrogens is 921 g/mol. The van der Waals surface area contributed by atoms with Gasteiger partial charge < -0.3 is 10.1 Å². The van der Waals surface area contributed by atoms with E-state index in [0.29, 0.717) is 0 Å².